The number of hydrogen-bond acceptors (Lipinski definition) is 2. The lowest BCUT2D eigenvalue weighted by atomic mass is 10.0. The Hall–Kier alpha value is -0.720. The molecule has 0 aliphatic carbocycles. The summed E-state index contributed by atoms with van der Waals surface area (Å²) in [5, 5.41) is 3.19. The summed E-state index contributed by atoms with van der Waals surface area (Å²) in [5.74, 6) is -2.28. The van der Waals surface area contributed by atoms with E-state index in [1.807, 2.05) is 0 Å². The van der Waals surface area contributed by atoms with Crippen molar-refractivity contribution in [2.24, 2.45) is 0 Å². The maximum absolute atomic E-state index is 13.9. The van der Waals surface area contributed by atoms with E-state index in [1.54, 1.807) is 7.05 Å². The van der Waals surface area contributed by atoms with Crippen molar-refractivity contribution in [3.63, 3.8) is 0 Å². The number of carbonyl (C=O) groups is 1. The minimum atomic E-state index is -0.842. The Balaban J connectivity index is 0.00000200. The molecule has 1 amide bonds. The van der Waals surface area contributed by atoms with E-state index in [-0.39, 0.29) is 22.9 Å². The molecule has 1 aliphatic heterocycles. The summed E-state index contributed by atoms with van der Waals surface area (Å²) >= 11 is 2.97. The topological polar surface area (TPSA) is 32.3 Å². The first-order valence-electron chi connectivity index (χ1n) is 6.13. The molecular weight excluding hydrogens is 354 g/mol. The number of carbonyl (C=O) groups excluding carboxylic acids is 1. The fraction of sp³-hybridized carbons (Fsp3) is 0.462. The number of halogens is 4. The molecule has 1 fully saturated rings. The second-order valence-corrected chi connectivity index (χ2v) is 5.47. The first-order valence-corrected chi connectivity index (χ1v) is 6.93. The lowest BCUT2D eigenvalue weighted by molar-refractivity contribution is 0.0693. The fourth-order valence-corrected chi connectivity index (χ4v) is 2.59. The van der Waals surface area contributed by atoms with Crippen LogP contribution in [-0.4, -0.2) is 37.0 Å². The van der Waals surface area contributed by atoms with Gasteiger partial charge in [-0.2, -0.15) is 0 Å². The zero-order valence-corrected chi connectivity index (χ0v) is 13.4. The summed E-state index contributed by atoms with van der Waals surface area (Å²) in [6.45, 7) is 1.62. The molecule has 0 saturated carbocycles. The van der Waals surface area contributed by atoms with Gasteiger partial charge in [0.2, 0.25) is 0 Å². The van der Waals surface area contributed by atoms with Gasteiger partial charge in [-0.1, -0.05) is 0 Å². The second-order valence-electron chi connectivity index (χ2n) is 4.62. The van der Waals surface area contributed by atoms with Gasteiger partial charge in [-0.25, -0.2) is 8.78 Å². The Bertz CT molecular complexity index is 496. The van der Waals surface area contributed by atoms with E-state index in [9.17, 15) is 13.6 Å². The van der Waals surface area contributed by atoms with Crippen LogP contribution in [0, 0.1) is 11.6 Å². The van der Waals surface area contributed by atoms with Gasteiger partial charge in [0.15, 0.2) is 5.82 Å². The van der Waals surface area contributed by atoms with Gasteiger partial charge in [0, 0.05) is 13.1 Å². The number of piperidine rings is 1. The molecule has 0 atom stereocenters. The molecule has 20 heavy (non-hydrogen) atoms. The number of amides is 1. The Labute approximate surface area is 131 Å². The van der Waals surface area contributed by atoms with E-state index >= 15 is 0 Å². The molecule has 1 aromatic rings. The fourth-order valence-electron chi connectivity index (χ4n) is 2.26. The summed E-state index contributed by atoms with van der Waals surface area (Å²) in [6.07, 6.45) is 1.58. The van der Waals surface area contributed by atoms with E-state index in [0.717, 1.165) is 32.0 Å². The molecule has 2 rings (SSSR count). The number of rotatable bonds is 2. The van der Waals surface area contributed by atoms with Gasteiger partial charge < -0.3 is 10.2 Å². The first-order chi connectivity index (χ1) is 9.02. The highest BCUT2D eigenvalue weighted by Gasteiger charge is 2.27. The molecule has 0 aromatic heterocycles. The highest BCUT2D eigenvalue weighted by atomic mass is 79.9. The molecule has 1 saturated heterocycles. The average Bonchev–Trinajstić information content (AvgIpc) is 2.43. The van der Waals surface area contributed by atoms with E-state index in [4.69, 9.17) is 0 Å². The quantitative estimate of drug-likeness (QED) is 0.813. The molecule has 3 nitrogen and oxygen atoms in total. The maximum Gasteiger partial charge on any atom is 0.259 e. The summed E-state index contributed by atoms with van der Waals surface area (Å²) in [4.78, 5) is 13.7. The van der Waals surface area contributed by atoms with Crippen LogP contribution in [0.4, 0.5) is 8.78 Å². The zero-order valence-electron chi connectivity index (χ0n) is 11.0. The van der Waals surface area contributed by atoms with Crippen molar-refractivity contribution in [3.05, 3.63) is 33.8 Å². The average molecular weight is 370 g/mol. The molecule has 0 unspecified atom stereocenters. The molecule has 112 valence electrons. The molecule has 0 radical (unpaired) electrons. The number of hydrogen-bond donors (Lipinski definition) is 1. The molecule has 1 aliphatic rings. The Kier molecular flexibility index (Phi) is 6.36. The van der Waals surface area contributed by atoms with Crippen molar-refractivity contribution < 1.29 is 13.6 Å². The van der Waals surface area contributed by atoms with E-state index in [2.05, 4.69) is 21.2 Å². The Morgan fingerprint density at radius 1 is 1.35 bits per heavy atom. The molecule has 0 bridgehead atoms. The zero-order chi connectivity index (χ0) is 14.0. The molecule has 1 heterocycles. The van der Waals surface area contributed by atoms with Gasteiger partial charge in [-0.3, -0.25) is 4.79 Å². The van der Waals surface area contributed by atoms with Crippen molar-refractivity contribution in [2.75, 3.05) is 20.1 Å². The van der Waals surface area contributed by atoms with Crippen LogP contribution in [0.5, 0.6) is 0 Å². The highest BCUT2D eigenvalue weighted by Crippen LogP contribution is 2.24. The summed E-state index contributed by atoms with van der Waals surface area (Å²) in [6, 6.07) is 2.37. The van der Waals surface area contributed by atoms with Crippen LogP contribution >= 0.6 is 28.3 Å². The maximum atomic E-state index is 13.9. The van der Waals surface area contributed by atoms with E-state index in [1.165, 1.54) is 11.0 Å². The van der Waals surface area contributed by atoms with Crippen molar-refractivity contribution in [1.82, 2.24) is 10.2 Å². The minimum absolute atomic E-state index is 0. The van der Waals surface area contributed by atoms with Crippen LogP contribution in [-0.2, 0) is 0 Å². The number of nitrogens with zero attached hydrogens (tertiary/aromatic N) is 1. The number of nitrogens with one attached hydrogen (secondary N) is 1. The molecule has 1 N–H and O–H groups in total. The summed E-state index contributed by atoms with van der Waals surface area (Å²) in [5.41, 5.74) is -0.490. The van der Waals surface area contributed by atoms with Gasteiger partial charge >= 0.3 is 0 Å². The molecule has 1 aromatic carbocycles. The predicted octanol–water partition coefficient (Wildman–Crippen LogP) is 2.97. The summed E-state index contributed by atoms with van der Waals surface area (Å²) < 4.78 is 27.7. The SMILES string of the molecule is CN(C(=O)c1c(F)ccc(Br)c1F)C1CCNCC1.Cl. The van der Waals surface area contributed by atoms with E-state index in [0.29, 0.717) is 0 Å². The normalized spacial score (nSPS) is 15.6. The van der Waals surface area contributed by atoms with Gasteiger partial charge in [0.1, 0.15) is 11.4 Å². The van der Waals surface area contributed by atoms with Crippen molar-refractivity contribution in [3.8, 4) is 0 Å². The van der Waals surface area contributed by atoms with Crippen LogP contribution in [0.15, 0.2) is 16.6 Å². The molecular formula is C13H16BrClF2N2O. The largest absolute Gasteiger partial charge is 0.338 e. The predicted molar refractivity (Wildman–Crippen MR) is 79.3 cm³/mol. The van der Waals surface area contributed by atoms with Crippen LogP contribution in [0.25, 0.3) is 0 Å². The van der Waals surface area contributed by atoms with Crippen LogP contribution in [0.1, 0.15) is 23.2 Å². The van der Waals surface area contributed by atoms with Crippen molar-refractivity contribution in [2.45, 2.75) is 18.9 Å². The number of benzene rings is 1. The van der Waals surface area contributed by atoms with Gasteiger partial charge in [-0.05, 0) is 54.0 Å². The van der Waals surface area contributed by atoms with Crippen molar-refractivity contribution in [1.29, 1.82) is 0 Å². The third kappa shape index (κ3) is 3.48. The van der Waals surface area contributed by atoms with Gasteiger partial charge in [-0.15, -0.1) is 12.4 Å². The van der Waals surface area contributed by atoms with Crippen LogP contribution < -0.4 is 5.32 Å². The third-order valence-electron chi connectivity index (χ3n) is 3.43. The highest BCUT2D eigenvalue weighted by molar-refractivity contribution is 9.10. The Morgan fingerprint density at radius 3 is 2.55 bits per heavy atom. The monoisotopic (exact) mass is 368 g/mol. The van der Waals surface area contributed by atoms with E-state index < -0.39 is 23.1 Å². The first kappa shape index (κ1) is 17.3. The second kappa shape index (κ2) is 7.33. The lowest BCUT2D eigenvalue weighted by Crippen LogP contribution is -2.44. The third-order valence-corrected chi connectivity index (χ3v) is 4.05. The van der Waals surface area contributed by atoms with Crippen molar-refractivity contribution >= 4 is 34.2 Å². The summed E-state index contributed by atoms with van der Waals surface area (Å²) in [7, 11) is 1.60. The van der Waals surface area contributed by atoms with Gasteiger partial charge in [0.05, 0.1) is 4.47 Å². The Morgan fingerprint density at radius 2 is 1.95 bits per heavy atom. The molecule has 7 heteroatoms. The standard InChI is InChI=1S/C13H15BrF2N2O.ClH/c1-18(8-4-6-17-7-5-8)13(19)11-10(15)3-2-9(14)12(11)16;/h2-3,8,17H,4-7H2,1H3;1H. The van der Waals surface area contributed by atoms with Crippen LogP contribution in [0.2, 0.25) is 0 Å². The minimum Gasteiger partial charge on any atom is -0.338 e. The molecule has 0 spiro atoms. The van der Waals surface area contributed by atoms with Gasteiger partial charge in [0.25, 0.3) is 5.91 Å². The van der Waals surface area contributed by atoms with Crippen LogP contribution in [0.3, 0.4) is 0 Å². The smallest absolute Gasteiger partial charge is 0.259 e. The lowest BCUT2D eigenvalue weighted by Gasteiger charge is -2.31.